The topological polar surface area (TPSA) is 54.0 Å². The largest absolute Gasteiger partial charge is 0.497 e. The Labute approximate surface area is 185 Å². The van der Waals surface area contributed by atoms with Gasteiger partial charge in [0.2, 0.25) is 0 Å². The zero-order valence-electron chi connectivity index (χ0n) is 18.5. The van der Waals surface area contributed by atoms with Crippen molar-refractivity contribution in [1.82, 2.24) is 10.2 Å². The summed E-state index contributed by atoms with van der Waals surface area (Å²) in [5.41, 5.74) is 1.85. The number of nitrogens with zero attached hydrogens (tertiary/aromatic N) is 2. The van der Waals surface area contributed by atoms with Gasteiger partial charge in [0.1, 0.15) is 11.5 Å². The molecule has 2 aromatic rings. The van der Waals surface area contributed by atoms with Crippen molar-refractivity contribution in [1.29, 1.82) is 0 Å². The molecule has 1 amide bonds. The van der Waals surface area contributed by atoms with Crippen LogP contribution in [0.15, 0.2) is 48.5 Å². The maximum atomic E-state index is 12.6. The van der Waals surface area contributed by atoms with E-state index in [1.165, 1.54) is 5.69 Å². The van der Waals surface area contributed by atoms with E-state index in [1.807, 2.05) is 30.3 Å². The molecule has 6 heteroatoms. The van der Waals surface area contributed by atoms with Crippen LogP contribution >= 0.6 is 0 Å². The minimum absolute atomic E-state index is 0.00669. The van der Waals surface area contributed by atoms with Gasteiger partial charge in [-0.15, -0.1) is 0 Å². The summed E-state index contributed by atoms with van der Waals surface area (Å²) in [5.74, 6) is 1.65. The highest BCUT2D eigenvalue weighted by molar-refractivity contribution is 5.94. The number of para-hydroxylation sites is 2. The zero-order valence-corrected chi connectivity index (χ0v) is 18.5. The predicted molar refractivity (Wildman–Crippen MR) is 123 cm³/mol. The number of hydrogen-bond acceptors (Lipinski definition) is 5. The van der Waals surface area contributed by atoms with Crippen LogP contribution in [0, 0.1) is 0 Å². The van der Waals surface area contributed by atoms with Crippen molar-refractivity contribution < 1.29 is 14.3 Å². The predicted octanol–water partition coefficient (Wildman–Crippen LogP) is 3.57. The quantitative estimate of drug-likeness (QED) is 0.770. The van der Waals surface area contributed by atoms with Gasteiger partial charge in [-0.25, -0.2) is 0 Å². The van der Waals surface area contributed by atoms with Gasteiger partial charge in [-0.3, -0.25) is 9.69 Å². The summed E-state index contributed by atoms with van der Waals surface area (Å²) in [4.78, 5) is 17.7. The maximum absolute atomic E-state index is 12.6. The fourth-order valence-corrected chi connectivity index (χ4v) is 4.84. The molecular formula is C25H33N3O3. The Morgan fingerprint density at radius 2 is 1.65 bits per heavy atom. The van der Waals surface area contributed by atoms with Crippen LogP contribution in [0.5, 0.6) is 11.5 Å². The molecule has 166 valence electrons. The molecule has 31 heavy (non-hydrogen) atoms. The number of amides is 1. The third kappa shape index (κ3) is 5.13. The molecular weight excluding hydrogens is 390 g/mol. The molecule has 0 radical (unpaired) electrons. The van der Waals surface area contributed by atoms with E-state index in [0.717, 1.165) is 57.6 Å². The normalized spacial score (nSPS) is 22.1. The molecule has 0 bridgehead atoms. The van der Waals surface area contributed by atoms with E-state index < -0.39 is 0 Å². The van der Waals surface area contributed by atoms with Gasteiger partial charge in [-0.2, -0.15) is 0 Å². The summed E-state index contributed by atoms with van der Waals surface area (Å²) < 4.78 is 10.8. The fraction of sp³-hybridized carbons (Fsp3) is 0.480. The Hall–Kier alpha value is -2.73. The van der Waals surface area contributed by atoms with Crippen LogP contribution in [0.3, 0.4) is 0 Å². The molecule has 1 saturated heterocycles. The van der Waals surface area contributed by atoms with Crippen LogP contribution in [0.4, 0.5) is 5.69 Å². The van der Waals surface area contributed by atoms with Crippen LogP contribution in [-0.2, 0) is 0 Å². The molecule has 0 spiro atoms. The number of nitrogens with one attached hydrogen (secondary N) is 1. The highest BCUT2D eigenvalue weighted by atomic mass is 16.5. The third-order valence-corrected chi connectivity index (χ3v) is 6.62. The summed E-state index contributed by atoms with van der Waals surface area (Å²) in [6, 6.07) is 16.5. The Bertz CT molecular complexity index is 872. The van der Waals surface area contributed by atoms with E-state index in [2.05, 4.69) is 27.2 Å². The molecule has 1 aliphatic heterocycles. The monoisotopic (exact) mass is 423 g/mol. The minimum atomic E-state index is -0.00669. The average molecular weight is 424 g/mol. The van der Waals surface area contributed by atoms with E-state index in [1.54, 1.807) is 20.3 Å². The first-order valence-electron chi connectivity index (χ1n) is 11.2. The molecule has 6 nitrogen and oxygen atoms in total. The molecule has 2 aliphatic rings. The molecule has 1 heterocycles. The van der Waals surface area contributed by atoms with Gasteiger partial charge in [0.15, 0.2) is 0 Å². The van der Waals surface area contributed by atoms with Crippen molar-refractivity contribution in [2.24, 2.45) is 0 Å². The van der Waals surface area contributed by atoms with Gasteiger partial charge in [0.05, 0.1) is 19.9 Å². The minimum Gasteiger partial charge on any atom is -0.497 e. The number of hydrogen-bond donors (Lipinski definition) is 1. The first-order valence-corrected chi connectivity index (χ1v) is 11.2. The molecule has 0 unspecified atom stereocenters. The number of carbonyl (C=O) groups excluding carboxylic acids is 1. The van der Waals surface area contributed by atoms with E-state index in [-0.39, 0.29) is 11.9 Å². The fourth-order valence-electron chi connectivity index (χ4n) is 4.84. The van der Waals surface area contributed by atoms with Crippen molar-refractivity contribution in [3.05, 3.63) is 54.1 Å². The van der Waals surface area contributed by atoms with Crippen LogP contribution < -0.4 is 19.7 Å². The van der Waals surface area contributed by atoms with Crippen molar-refractivity contribution in [2.45, 2.75) is 37.8 Å². The summed E-state index contributed by atoms with van der Waals surface area (Å²) >= 11 is 0. The number of ether oxygens (including phenoxy) is 2. The number of carbonyl (C=O) groups is 1. The first kappa shape index (κ1) is 21.5. The van der Waals surface area contributed by atoms with E-state index in [9.17, 15) is 4.79 Å². The zero-order chi connectivity index (χ0) is 21.6. The maximum Gasteiger partial charge on any atom is 0.251 e. The van der Waals surface area contributed by atoms with Gasteiger partial charge < -0.3 is 19.7 Å². The average Bonchev–Trinajstić information content (AvgIpc) is 2.84. The lowest BCUT2D eigenvalue weighted by molar-refractivity contribution is 0.0898. The Balaban J connectivity index is 1.24. The number of piperazine rings is 1. The summed E-state index contributed by atoms with van der Waals surface area (Å²) in [6.45, 7) is 4.19. The van der Waals surface area contributed by atoms with Gasteiger partial charge in [-0.05, 0) is 56.0 Å². The Morgan fingerprint density at radius 1 is 0.903 bits per heavy atom. The molecule has 1 aliphatic carbocycles. The smallest absolute Gasteiger partial charge is 0.251 e. The Kier molecular flexibility index (Phi) is 6.97. The molecule has 4 rings (SSSR count). The number of benzene rings is 2. The van der Waals surface area contributed by atoms with E-state index >= 15 is 0 Å². The van der Waals surface area contributed by atoms with Crippen molar-refractivity contribution >= 4 is 11.6 Å². The van der Waals surface area contributed by atoms with Crippen molar-refractivity contribution in [3.8, 4) is 11.5 Å². The van der Waals surface area contributed by atoms with Crippen LogP contribution in [0.1, 0.15) is 36.0 Å². The van der Waals surface area contributed by atoms with E-state index in [4.69, 9.17) is 9.47 Å². The number of methoxy groups -OCH3 is 2. The van der Waals surface area contributed by atoms with E-state index in [0.29, 0.717) is 17.4 Å². The second-order valence-corrected chi connectivity index (χ2v) is 8.41. The molecule has 2 aromatic carbocycles. The lowest BCUT2D eigenvalue weighted by atomic mass is 9.89. The van der Waals surface area contributed by atoms with Crippen molar-refractivity contribution in [2.75, 3.05) is 45.3 Å². The summed E-state index contributed by atoms with van der Waals surface area (Å²) in [5, 5.41) is 3.22. The molecule has 2 fully saturated rings. The second-order valence-electron chi connectivity index (χ2n) is 8.41. The van der Waals surface area contributed by atoms with Gasteiger partial charge in [0.25, 0.3) is 5.91 Å². The van der Waals surface area contributed by atoms with Gasteiger partial charge in [0, 0.05) is 43.8 Å². The summed E-state index contributed by atoms with van der Waals surface area (Å²) in [7, 11) is 3.36. The SMILES string of the molecule is COc1cccc(C(=O)NC2CCC(N3CCN(c4ccccc4OC)CC3)CC2)c1. The number of rotatable bonds is 6. The lowest BCUT2D eigenvalue weighted by Crippen LogP contribution is -2.52. The standard InChI is InChI=1S/C25H33N3O3/c1-30-22-7-5-6-19(18-22)25(29)26-20-10-12-21(13-11-20)27-14-16-28(17-15-27)23-8-3-4-9-24(23)31-2/h3-9,18,20-21H,10-17H2,1-2H3,(H,26,29). The molecule has 0 atom stereocenters. The Morgan fingerprint density at radius 3 is 2.35 bits per heavy atom. The van der Waals surface area contributed by atoms with Crippen LogP contribution in [-0.4, -0.2) is 63.3 Å². The molecule has 1 saturated carbocycles. The summed E-state index contributed by atoms with van der Waals surface area (Å²) in [6.07, 6.45) is 4.34. The second kappa shape index (κ2) is 10.1. The highest BCUT2D eigenvalue weighted by Crippen LogP contribution is 2.30. The molecule has 0 aromatic heterocycles. The van der Waals surface area contributed by atoms with Crippen molar-refractivity contribution in [3.63, 3.8) is 0 Å². The first-order chi connectivity index (χ1) is 15.2. The van der Waals surface area contributed by atoms with Crippen LogP contribution in [0.2, 0.25) is 0 Å². The highest BCUT2D eigenvalue weighted by Gasteiger charge is 2.29. The van der Waals surface area contributed by atoms with Gasteiger partial charge >= 0.3 is 0 Å². The number of anilines is 1. The van der Waals surface area contributed by atoms with Crippen LogP contribution in [0.25, 0.3) is 0 Å². The third-order valence-electron chi connectivity index (χ3n) is 6.62. The van der Waals surface area contributed by atoms with Gasteiger partial charge in [-0.1, -0.05) is 18.2 Å². The molecule has 1 N–H and O–H groups in total. The lowest BCUT2D eigenvalue weighted by Gasteiger charge is -2.43.